The van der Waals surface area contributed by atoms with E-state index >= 15 is 0 Å². The Hall–Kier alpha value is -0.800. The quantitative estimate of drug-likeness (QED) is 0.696. The minimum absolute atomic E-state index is 0.0920. The summed E-state index contributed by atoms with van der Waals surface area (Å²) in [5.74, 6) is 0. The van der Waals surface area contributed by atoms with Gasteiger partial charge in [0.2, 0.25) is 0 Å². The normalized spacial score (nSPS) is 17.4. The third-order valence-electron chi connectivity index (χ3n) is 2.08. The van der Waals surface area contributed by atoms with Crippen LogP contribution in [0.15, 0.2) is 23.1 Å². The van der Waals surface area contributed by atoms with Gasteiger partial charge in [-0.15, -0.1) is 0 Å². The largest absolute Gasteiger partial charge is 0.313 e. The van der Waals surface area contributed by atoms with Crippen LogP contribution in [-0.4, -0.2) is 17.7 Å². The van der Waals surface area contributed by atoms with E-state index in [1.54, 1.807) is 22.9 Å². The molecule has 0 radical (unpaired) electrons. The molecule has 4 heteroatoms. The second-order valence-electron chi connectivity index (χ2n) is 2.88. The summed E-state index contributed by atoms with van der Waals surface area (Å²) in [6.45, 7) is 1.72. The molecule has 1 aliphatic heterocycles. The highest BCUT2D eigenvalue weighted by Gasteiger charge is 2.19. The smallest absolute Gasteiger partial charge is 0.269 e. The summed E-state index contributed by atoms with van der Waals surface area (Å²) in [6, 6.07) is 3.70. The molecule has 0 unspecified atom stereocenters. The molecule has 0 bridgehead atoms. The lowest BCUT2D eigenvalue weighted by atomic mass is 10.2. The highest BCUT2D eigenvalue weighted by atomic mass is 35.5. The van der Waals surface area contributed by atoms with Crippen molar-refractivity contribution in [3.8, 4) is 0 Å². The lowest BCUT2D eigenvalue weighted by Crippen LogP contribution is -2.46. The van der Waals surface area contributed by atoms with Gasteiger partial charge in [-0.1, -0.05) is 11.6 Å². The number of pyridine rings is 1. The van der Waals surface area contributed by atoms with Crippen molar-refractivity contribution in [2.45, 2.75) is 6.04 Å². The highest BCUT2D eigenvalue weighted by molar-refractivity contribution is 6.30. The molecule has 0 spiro atoms. The van der Waals surface area contributed by atoms with Crippen molar-refractivity contribution in [1.29, 1.82) is 0 Å². The molecule has 0 amide bonds. The molecular formula is C8H9ClN2O. The molecule has 0 aromatic carbocycles. The number of hydrogen-bond acceptors (Lipinski definition) is 2. The molecular weight excluding hydrogens is 176 g/mol. The molecule has 1 saturated heterocycles. The fourth-order valence-corrected chi connectivity index (χ4v) is 1.41. The summed E-state index contributed by atoms with van der Waals surface area (Å²) < 4.78 is 1.68. The zero-order valence-corrected chi connectivity index (χ0v) is 7.21. The van der Waals surface area contributed by atoms with Gasteiger partial charge in [0.05, 0.1) is 6.04 Å². The fourth-order valence-electron chi connectivity index (χ4n) is 1.24. The van der Waals surface area contributed by atoms with Gasteiger partial charge in [0, 0.05) is 19.3 Å². The molecule has 1 fully saturated rings. The van der Waals surface area contributed by atoms with Gasteiger partial charge in [-0.3, -0.25) is 4.79 Å². The molecule has 2 rings (SSSR count). The van der Waals surface area contributed by atoms with E-state index in [9.17, 15) is 4.79 Å². The maximum Gasteiger partial charge on any atom is 0.269 e. The van der Waals surface area contributed by atoms with Gasteiger partial charge in [0.15, 0.2) is 0 Å². The first kappa shape index (κ1) is 7.83. The van der Waals surface area contributed by atoms with Crippen molar-refractivity contribution in [2.24, 2.45) is 0 Å². The van der Waals surface area contributed by atoms with Gasteiger partial charge in [-0.2, -0.15) is 0 Å². The number of nitrogens with one attached hydrogen (secondary N) is 1. The Morgan fingerprint density at radius 2 is 2.33 bits per heavy atom. The van der Waals surface area contributed by atoms with Crippen LogP contribution in [0.2, 0.25) is 5.02 Å². The van der Waals surface area contributed by atoms with Crippen molar-refractivity contribution < 1.29 is 0 Å². The molecule has 0 atom stereocenters. The van der Waals surface area contributed by atoms with E-state index in [-0.39, 0.29) is 11.6 Å². The van der Waals surface area contributed by atoms with Crippen LogP contribution in [0.3, 0.4) is 0 Å². The highest BCUT2D eigenvalue weighted by Crippen LogP contribution is 2.09. The summed E-state index contributed by atoms with van der Waals surface area (Å²) in [5, 5.41) is 3.40. The first-order chi connectivity index (χ1) is 5.79. The molecule has 1 N–H and O–H groups in total. The van der Waals surface area contributed by atoms with Gasteiger partial charge < -0.3 is 9.88 Å². The van der Waals surface area contributed by atoms with Crippen LogP contribution in [-0.2, 0) is 0 Å². The van der Waals surface area contributed by atoms with E-state index in [4.69, 9.17) is 11.6 Å². The second kappa shape index (κ2) is 2.92. The predicted octanol–water partition coefficient (Wildman–Crippen LogP) is 0.646. The zero-order chi connectivity index (χ0) is 8.55. The first-order valence-electron chi connectivity index (χ1n) is 3.86. The number of nitrogens with zero attached hydrogens (tertiary/aromatic N) is 1. The van der Waals surface area contributed by atoms with E-state index in [0.29, 0.717) is 5.02 Å². The number of hydrogen-bond donors (Lipinski definition) is 1. The number of rotatable bonds is 1. The maximum atomic E-state index is 11.4. The topological polar surface area (TPSA) is 34.0 Å². The summed E-state index contributed by atoms with van der Waals surface area (Å²) in [7, 11) is 0. The fraction of sp³-hybridized carbons (Fsp3) is 0.375. The molecule has 0 aliphatic carbocycles. The van der Waals surface area contributed by atoms with Crippen LogP contribution in [0.5, 0.6) is 0 Å². The van der Waals surface area contributed by atoms with Gasteiger partial charge in [0.1, 0.15) is 5.02 Å². The SMILES string of the molecule is O=c1c(Cl)cccn1C1CNC1. The first-order valence-corrected chi connectivity index (χ1v) is 4.24. The second-order valence-corrected chi connectivity index (χ2v) is 3.29. The van der Waals surface area contributed by atoms with E-state index in [2.05, 4.69) is 5.32 Å². The van der Waals surface area contributed by atoms with Crippen molar-refractivity contribution in [3.63, 3.8) is 0 Å². The van der Waals surface area contributed by atoms with E-state index in [0.717, 1.165) is 13.1 Å². The molecule has 12 heavy (non-hydrogen) atoms. The van der Waals surface area contributed by atoms with Crippen LogP contribution in [0.25, 0.3) is 0 Å². The molecule has 1 aromatic heterocycles. The molecule has 1 aromatic rings. The van der Waals surface area contributed by atoms with Gasteiger partial charge >= 0.3 is 0 Å². The monoisotopic (exact) mass is 184 g/mol. The lowest BCUT2D eigenvalue weighted by molar-refractivity contribution is 0.336. The van der Waals surface area contributed by atoms with E-state index in [1.165, 1.54) is 0 Å². The Kier molecular flexibility index (Phi) is 1.90. The average Bonchev–Trinajstić information content (AvgIpc) is 1.95. The van der Waals surface area contributed by atoms with Gasteiger partial charge in [-0.25, -0.2) is 0 Å². The molecule has 3 nitrogen and oxygen atoms in total. The minimum Gasteiger partial charge on any atom is -0.313 e. The van der Waals surface area contributed by atoms with Crippen molar-refractivity contribution in [2.75, 3.05) is 13.1 Å². The summed E-state index contributed by atoms with van der Waals surface area (Å²) >= 11 is 5.69. The van der Waals surface area contributed by atoms with Crippen LogP contribution < -0.4 is 10.9 Å². The standard InChI is InChI=1S/C8H9ClN2O/c9-7-2-1-3-11(8(7)12)6-4-10-5-6/h1-3,6,10H,4-5H2. The predicted molar refractivity (Wildman–Crippen MR) is 47.6 cm³/mol. The number of aromatic nitrogens is 1. The van der Waals surface area contributed by atoms with Gasteiger partial charge in [0.25, 0.3) is 5.56 Å². The Labute approximate surface area is 75.0 Å². The zero-order valence-electron chi connectivity index (χ0n) is 6.46. The molecule has 64 valence electrons. The van der Waals surface area contributed by atoms with Crippen molar-refractivity contribution in [3.05, 3.63) is 33.7 Å². The minimum atomic E-state index is -0.0920. The number of halogens is 1. The van der Waals surface area contributed by atoms with E-state index < -0.39 is 0 Å². The third-order valence-corrected chi connectivity index (χ3v) is 2.37. The molecule has 1 aliphatic rings. The van der Waals surface area contributed by atoms with Gasteiger partial charge in [-0.05, 0) is 12.1 Å². The van der Waals surface area contributed by atoms with Crippen LogP contribution >= 0.6 is 11.6 Å². The third kappa shape index (κ3) is 1.15. The molecule has 0 saturated carbocycles. The Balaban J connectivity index is 2.43. The average molecular weight is 185 g/mol. The molecule has 2 heterocycles. The van der Waals surface area contributed by atoms with Crippen molar-refractivity contribution in [1.82, 2.24) is 9.88 Å². The summed E-state index contributed by atoms with van der Waals surface area (Å²) in [5.41, 5.74) is -0.0920. The summed E-state index contributed by atoms with van der Waals surface area (Å²) in [4.78, 5) is 11.4. The Bertz CT molecular complexity index is 343. The summed E-state index contributed by atoms with van der Waals surface area (Å²) in [6.07, 6.45) is 1.78. The Morgan fingerprint density at radius 1 is 1.58 bits per heavy atom. The van der Waals surface area contributed by atoms with Crippen LogP contribution in [0, 0.1) is 0 Å². The van der Waals surface area contributed by atoms with E-state index in [1.807, 2.05) is 0 Å². The van der Waals surface area contributed by atoms with Crippen LogP contribution in [0.4, 0.5) is 0 Å². The van der Waals surface area contributed by atoms with Crippen LogP contribution in [0.1, 0.15) is 6.04 Å². The van der Waals surface area contributed by atoms with Crippen molar-refractivity contribution >= 4 is 11.6 Å². The Morgan fingerprint density at radius 3 is 2.92 bits per heavy atom. The lowest BCUT2D eigenvalue weighted by Gasteiger charge is -2.28. The maximum absolute atomic E-state index is 11.4.